The Morgan fingerprint density at radius 1 is 1.39 bits per heavy atom. The molecule has 1 saturated carbocycles. The molecular formula is C13H24N2O3. The summed E-state index contributed by atoms with van der Waals surface area (Å²) in [7, 11) is 0. The zero-order chi connectivity index (χ0) is 13.6. The van der Waals surface area contributed by atoms with E-state index in [4.69, 9.17) is 10.8 Å². The Bertz CT molecular complexity index is 299. The van der Waals surface area contributed by atoms with E-state index < -0.39 is 5.97 Å². The minimum absolute atomic E-state index is 0.0467. The van der Waals surface area contributed by atoms with Crippen molar-refractivity contribution in [1.82, 2.24) is 5.32 Å². The van der Waals surface area contributed by atoms with Crippen LogP contribution >= 0.6 is 0 Å². The predicted octanol–water partition coefficient (Wildman–Crippen LogP) is 1.12. The number of carbonyl (C=O) groups is 2. The van der Waals surface area contributed by atoms with Crippen LogP contribution in [0.25, 0.3) is 0 Å². The van der Waals surface area contributed by atoms with E-state index in [1.807, 2.05) is 0 Å². The molecule has 0 radical (unpaired) electrons. The van der Waals surface area contributed by atoms with E-state index in [1.54, 1.807) is 6.92 Å². The lowest BCUT2D eigenvalue weighted by molar-refractivity contribution is -0.141. The van der Waals surface area contributed by atoms with Crippen LogP contribution in [0.4, 0.5) is 0 Å². The number of hydrogen-bond donors (Lipinski definition) is 3. The smallest absolute Gasteiger partial charge is 0.306 e. The van der Waals surface area contributed by atoms with E-state index in [0.717, 1.165) is 25.7 Å². The first-order valence-corrected chi connectivity index (χ1v) is 6.73. The van der Waals surface area contributed by atoms with Gasteiger partial charge in [-0.05, 0) is 25.7 Å². The van der Waals surface area contributed by atoms with Crippen molar-refractivity contribution >= 4 is 11.9 Å². The molecule has 1 aliphatic carbocycles. The number of carboxylic acid groups (broad SMARTS) is 1. The van der Waals surface area contributed by atoms with Gasteiger partial charge in [0.15, 0.2) is 0 Å². The van der Waals surface area contributed by atoms with Gasteiger partial charge in [0.1, 0.15) is 0 Å². The molecule has 0 bridgehead atoms. The number of rotatable bonds is 7. The monoisotopic (exact) mass is 256 g/mol. The molecule has 0 aromatic heterocycles. The normalized spacial score (nSPS) is 19.4. The average molecular weight is 256 g/mol. The van der Waals surface area contributed by atoms with Crippen molar-refractivity contribution < 1.29 is 14.7 Å². The molecule has 1 atom stereocenters. The third-order valence-corrected chi connectivity index (χ3v) is 3.95. The summed E-state index contributed by atoms with van der Waals surface area (Å²) in [6, 6.07) is 0. The summed E-state index contributed by atoms with van der Waals surface area (Å²) in [6.07, 6.45) is 5.17. The third kappa shape index (κ3) is 3.70. The fourth-order valence-corrected chi connectivity index (χ4v) is 2.50. The molecule has 104 valence electrons. The van der Waals surface area contributed by atoms with Crippen LogP contribution in [0.15, 0.2) is 0 Å². The molecule has 1 fully saturated rings. The lowest BCUT2D eigenvalue weighted by atomic mass is 9.85. The molecule has 0 aliphatic heterocycles. The zero-order valence-electron chi connectivity index (χ0n) is 11.1. The Hall–Kier alpha value is -1.10. The molecule has 4 N–H and O–H groups in total. The minimum atomic E-state index is -0.782. The summed E-state index contributed by atoms with van der Waals surface area (Å²) in [4.78, 5) is 22.7. The Morgan fingerprint density at radius 3 is 2.50 bits per heavy atom. The van der Waals surface area contributed by atoms with Gasteiger partial charge in [0, 0.05) is 13.1 Å². The average Bonchev–Trinajstić information content (AvgIpc) is 2.83. The molecule has 5 nitrogen and oxygen atoms in total. The fraction of sp³-hybridized carbons (Fsp3) is 0.846. The first kappa shape index (κ1) is 15.0. The van der Waals surface area contributed by atoms with Crippen molar-refractivity contribution in [3.05, 3.63) is 0 Å². The van der Waals surface area contributed by atoms with E-state index >= 15 is 0 Å². The fourth-order valence-electron chi connectivity index (χ4n) is 2.50. The van der Waals surface area contributed by atoms with E-state index in [-0.39, 0.29) is 17.2 Å². The molecule has 1 aliphatic rings. The second kappa shape index (κ2) is 6.73. The van der Waals surface area contributed by atoms with E-state index in [1.165, 1.54) is 0 Å². The predicted molar refractivity (Wildman–Crippen MR) is 69.0 cm³/mol. The lowest BCUT2D eigenvalue weighted by Gasteiger charge is -2.25. The van der Waals surface area contributed by atoms with Crippen LogP contribution in [-0.2, 0) is 9.59 Å². The Morgan fingerprint density at radius 2 is 2.00 bits per heavy atom. The summed E-state index contributed by atoms with van der Waals surface area (Å²) < 4.78 is 0. The number of carboxylic acids is 1. The molecule has 1 unspecified atom stereocenters. The number of hydrogen-bond acceptors (Lipinski definition) is 3. The molecule has 1 rings (SSSR count). The highest BCUT2D eigenvalue weighted by molar-refractivity contribution is 5.83. The van der Waals surface area contributed by atoms with Crippen LogP contribution in [0.1, 0.15) is 45.4 Å². The van der Waals surface area contributed by atoms with Gasteiger partial charge in [0.05, 0.1) is 11.3 Å². The Labute approximate surface area is 108 Å². The molecular weight excluding hydrogens is 232 g/mol. The Balaban J connectivity index is 2.26. The van der Waals surface area contributed by atoms with Crippen LogP contribution < -0.4 is 11.1 Å². The van der Waals surface area contributed by atoms with Gasteiger partial charge < -0.3 is 16.2 Å². The summed E-state index contributed by atoms with van der Waals surface area (Å²) in [5.74, 6) is -1.09. The van der Waals surface area contributed by atoms with Crippen molar-refractivity contribution in [3.63, 3.8) is 0 Å². The lowest BCUT2D eigenvalue weighted by Crippen LogP contribution is -2.44. The van der Waals surface area contributed by atoms with E-state index in [2.05, 4.69) is 5.32 Å². The van der Waals surface area contributed by atoms with Crippen LogP contribution in [0, 0.1) is 11.3 Å². The SMILES string of the molecule is CC(CCCNC(=O)C1(CN)CCCC1)C(=O)O. The Kier molecular flexibility index (Phi) is 5.59. The largest absolute Gasteiger partial charge is 0.481 e. The molecule has 0 aromatic rings. The number of amides is 1. The minimum Gasteiger partial charge on any atom is -0.481 e. The van der Waals surface area contributed by atoms with Crippen LogP contribution in [0.3, 0.4) is 0 Å². The molecule has 0 saturated heterocycles. The van der Waals surface area contributed by atoms with Crippen molar-refractivity contribution in [1.29, 1.82) is 0 Å². The van der Waals surface area contributed by atoms with Crippen LogP contribution in [-0.4, -0.2) is 30.1 Å². The molecule has 0 spiro atoms. The maximum absolute atomic E-state index is 12.1. The molecule has 1 amide bonds. The highest BCUT2D eigenvalue weighted by atomic mass is 16.4. The summed E-state index contributed by atoms with van der Waals surface area (Å²) in [5, 5.41) is 11.6. The second-order valence-corrected chi connectivity index (χ2v) is 5.33. The van der Waals surface area contributed by atoms with Crippen molar-refractivity contribution in [3.8, 4) is 0 Å². The second-order valence-electron chi connectivity index (χ2n) is 5.33. The van der Waals surface area contributed by atoms with Crippen molar-refractivity contribution in [2.75, 3.05) is 13.1 Å². The first-order valence-electron chi connectivity index (χ1n) is 6.73. The molecule has 0 aromatic carbocycles. The molecule has 5 heteroatoms. The third-order valence-electron chi connectivity index (χ3n) is 3.95. The molecule has 18 heavy (non-hydrogen) atoms. The van der Waals surface area contributed by atoms with Gasteiger partial charge in [-0.25, -0.2) is 0 Å². The quantitative estimate of drug-likeness (QED) is 0.595. The number of carbonyl (C=O) groups excluding carboxylic acids is 1. The van der Waals surface area contributed by atoms with Gasteiger partial charge in [0.25, 0.3) is 0 Å². The van der Waals surface area contributed by atoms with Crippen LogP contribution in [0.5, 0.6) is 0 Å². The number of aliphatic carboxylic acids is 1. The highest BCUT2D eigenvalue weighted by Gasteiger charge is 2.39. The summed E-state index contributed by atoms with van der Waals surface area (Å²) in [5.41, 5.74) is 5.36. The van der Waals surface area contributed by atoms with Gasteiger partial charge in [0.2, 0.25) is 5.91 Å². The van der Waals surface area contributed by atoms with Crippen molar-refractivity contribution in [2.45, 2.75) is 45.4 Å². The van der Waals surface area contributed by atoms with Gasteiger partial charge in [-0.2, -0.15) is 0 Å². The highest BCUT2D eigenvalue weighted by Crippen LogP contribution is 2.37. The van der Waals surface area contributed by atoms with Gasteiger partial charge in [-0.1, -0.05) is 19.8 Å². The first-order chi connectivity index (χ1) is 8.52. The van der Waals surface area contributed by atoms with Crippen molar-refractivity contribution in [2.24, 2.45) is 17.1 Å². The van der Waals surface area contributed by atoms with Gasteiger partial charge >= 0.3 is 5.97 Å². The topological polar surface area (TPSA) is 92.4 Å². The number of nitrogens with two attached hydrogens (primary N) is 1. The molecule has 0 heterocycles. The van der Waals surface area contributed by atoms with E-state index in [9.17, 15) is 9.59 Å². The zero-order valence-corrected chi connectivity index (χ0v) is 11.1. The standard InChI is InChI=1S/C13H24N2O3/c1-10(11(16)17)5-4-8-15-12(18)13(9-14)6-2-3-7-13/h10H,2-9,14H2,1H3,(H,15,18)(H,16,17). The van der Waals surface area contributed by atoms with Crippen LogP contribution in [0.2, 0.25) is 0 Å². The van der Waals surface area contributed by atoms with Gasteiger partial charge in [-0.15, -0.1) is 0 Å². The maximum Gasteiger partial charge on any atom is 0.306 e. The van der Waals surface area contributed by atoms with E-state index in [0.29, 0.717) is 25.9 Å². The maximum atomic E-state index is 12.1. The summed E-state index contributed by atoms with van der Waals surface area (Å²) >= 11 is 0. The van der Waals surface area contributed by atoms with Gasteiger partial charge in [-0.3, -0.25) is 9.59 Å². The summed E-state index contributed by atoms with van der Waals surface area (Å²) in [6.45, 7) is 2.63. The number of nitrogens with one attached hydrogen (secondary N) is 1.